The molecule has 0 fully saturated rings. The molecule has 21 heavy (non-hydrogen) atoms. The van der Waals surface area contributed by atoms with Crippen LogP contribution in [0.15, 0.2) is 35.1 Å². The summed E-state index contributed by atoms with van der Waals surface area (Å²) in [4.78, 5) is 23.8. The Bertz CT molecular complexity index is 830. The lowest BCUT2D eigenvalue weighted by molar-refractivity contribution is 0.626. The molecule has 2 aromatic heterocycles. The van der Waals surface area contributed by atoms with Crippen molar-refractivity contribution < 1.29 is 0 Å². The molecule has 0 bridgehead atoms. The molecule has 0 aliphatic rings. The van der Waals surface area contributed by atoms with Gasteiger partial charge in [-0.2, -0.15) is 4.98 Å². The van der Waals surface area contributed by atoms with Crippen LogP contribution in [0.25, 0.3) is 20.9 Å². The molecule has 5 nitrogen and oxygen atoms in total. The Morgan fingerprint density at radius 2 is 1.86 bits per heavy atom. The predicted octanol–water partition coefficient (Wildman–Crippen LogP) is 3.26. The second kappa shape index (κ2) is 4.96. The highest BCUT2D eigenvalue weighted by atomic mass is 32.1. The van der Waals surface area contributed by atoms with Crippen molar-refractivity contribution in [3.8, 4) is 10.6 Å². The van der Waals surface area contributed by atoms with Gasteiger partial charge in [0.05, 0.1) is 0 Å². The van der Waals surface area contributed by atoms with E-state index in [1.54, 1.807) is 0 Å². The summed E-state index contributed by atoms with van der Waals surface area (Å²) >= 11 is 1.36. The van der Waals surface area contributed by atoms with E-state index >= 15 is 0 Å². The molecule has 0 unspecified atom stereocenters. The molecule has 0 saturated heterocycles. The molecule has 0 radical (unpaired) electrons. The lowest BCUT2D eigenvalue weighted by Gasteiger charge is -2.20. The van der Waals surface area contributed by atoms with Crippen LogP contribution in [0.5, 0.6) is 0 Å². The molecule has 108 valence electrons. The van der Waals surface area contributed by atoms with Gasteiger partial charge in [-0.3, -0.25) is 9.78 Å². The monoisotopic (exact) mass is 300 g/mol. The minimum absolute atomic E-state index is 0.161. The van der Waals surface area contributed by atoms with Crippen molar-refractivity contribution in [2.24, 2.45) is 0 Å². The maximum absolute atomic E-state index is 12.2. The molecule has 0 atom stereocenters. The molecular weight excluding hydrogens is 284 g/mol. The first-order valence-electron chi connectivity index (χ1n) is 6.67. The lowest BCUT2D eigenvalue weighted by Crippen LogP contribution is -2.28. The van der Waals surface area contributed by atoms with Gasteiger partial charge in [-0.15, -0.1) is 11.3 Å². The van der Waals surface area contributed by atoms with Gasteiger partial charge in [0.2, 0.25) is 5.95 Å². The maximum atomic E-state index is 12.2. The van der Waals surface area contributed by atoms with Crippen molar-refractivity contribution in [3.63, 3.8) is 0 Å². The molecule has 6 heteroatoms. The topological polar surface area (TPSA) is 70.7 Å². The predicted molar refractivity (Wildman–Crippen MR) is 86.8 cm³/mol. The van der Waals surface area contributed by atoms with Crippen molar-refractivity contribution >= 4 is 27.6 Å². The minimum atomic E-state index is -0.179. The highest BCUT2D eigenvalue weighted by molar-refractivity contribution is 7.21. The number of aromatic amines is 1. The molecular formula is C15H16N4OS. The zero-order chi connectivity index (χ0) is 15.0. The number of nitrogens with zero attached hydrogens (tertiary/aromatic N) is 2. The fourth-order valence-corrected chi connectivity index (χ4v) is 2.86. The minimum Gasteiger partial charge on any atom is -0.351 e. The van der Waals surface area contributed by atoms with E-state index in [2.05, 4.69) is 20.3 Å². The third-order valence-electron chi connectivity index (χ3n) is 2.78. The van der Waals surface area contributed by atoms with E-state index in [1.165, 1.54) is 11.3 Å². The number of rotatable bonds is 2. The smallest absolute Gasteiger partial charge is 0.272 e. The Balaban J connectivity index is 2.10. The number of fused-ring (bicyclic) bond motifs is 1. The Hall–Kier alpha value is -2.21. The largest absolute Gasteiger partial charge is 0.351 e. The van der Waals surface area contributed by atoms with Crippen LogP contribution in [0.3, 0.4) is 0 Å². The average molecular weight is 300 g/mol. The van der Waals surface area contributed by atoms with Crippen molar-refractivity contribution in [1.29, 1.82) is 0 Å². The Morgan fingerprint density at radius 3 is 2.52 bits per heavy atom. The normalized spacial score (nSPS) is 11.8. The molecule has 0 aliphatic heterocycles. The maximum Gasteiger partial charge on any atom is 0.272 e. The molecule has 2 N–H and O–H groups in total. The summed E-state index contributed by atoms with van der Waals surface area (Å²) in [6.07, 6.45) is 0. The van der Waals surface area contributed by atoms with Crippen LogP contribution in [0.2, 0.25) is 0 Å². The van der Waals surface area contributed by atoms with Crippen molar-refractivity contribution in [1.82, 2.24) is 15.0 Å². The highest BCUT2D eigenvalue weighted by Crippen LogP contribution is 2.27. The SMILES string of the molecule is CC(C)(C)Nc1nc2nc(-c3ccccc3)sc2c(=O)[nH]1. The fourth-order valence-electron chi connectivity index (χ4n) is 1.95. The van der Waals surface area contributed by atoms with Crippen LogP contribution in [-0.2, 0) is 0 Å². The highest BCUT2D eigenvalue weighted by Gasteiger charge is 2.15. The van der Waals surface area contributed by atoms with Gasteiger partial charge in [-0.25, -0.2) is 4.98 Å². The van der Waals surface area contributed by atoms with Gasteiger partial charge in [0, 0.05) is 11.1 Å². The summed E-state index contributed by atoms with van der Waals surface area (Å²) in [6.45, 7) is 6.02. The number of benzene rings is 1. The molecule has 0 spiro atoms. The van der Waals surface area contributed by atoms with Gasteiger partial charge in [-0.1, -0.05) is 30.3 Å². The van der Waals surface area contributed by atoms with E-state index in [0.29, 0.717) is 16.3 Å². The molecule has 3 aromatic rings. The van der Waals surface area contributed by atoms with Crippen molar-refractivity contribution in [2.75, 3.05) is 5.32 Å². The molecule has 2 heterocycles. The third-order valence-corrected chi connectivity index (χ3v) is 3.87. The first-order valence-corrected chi connectivity index (χ1v) is 7.48. The van der Waals surface area contributed by atoms with Gasteiger partial charge in [-0.05, 0) is 20.8 Å². The van der Waals surface area contributed by atoms with E-state index in [4.69, 9.17) is 0 Å². The lowest BCUT2D eigenvalue weighted by atomic mass is 10.1. The Morgan fingerprint density at radius 1 is 1.14 bits per heavy atom. The summed E-state index contributed by atoms with van der Waals surface area (Å²) < 4.78 is 0.549. The molecule has 0 amide bonds. The number of hydrogen-bond donors (Lipinski definition) is 2. The number of hydrogen-bond acceptors (Lipinski definition) is 5. The number of aromatic nitrogens is 3. The zero-order valence-electron chi connectivity index (χ0n) is 12.1. The van der Waals surface area contributed by atoms with Crippen LogP contribution in [0, 0.1) is 0 Å². The first kappa shape index (κ1) is 13.8. The Labute approximate surface area is 126 Å². The molecule has 0 aliphatic carbocycles. The fraction of sp³-hybridized carbons (Fsp3) is 0.267. The van der Waals surface area contributed by atoms with Crippen LogP contribution in [0.1, 0.15) is 20.8 Å². The van der Waals surface area contributed by atoms with E-state index in [0.717, 1.165) is 10.6 Å². The summed E-state index contributed by atoms with van der Waals surface area (Å²) in [6, 6.07) is 9.80. The molecule has 3 rings (SSSR count). The van der Waals surface area contributed by atoms with E-state index < -0.39 is 0 Å². The quantitative estimate of drug-likeness (QED) is 0.762. The Kier molecular flexibility index (Phi) is 3.25. The third kappa shape index (κ3) is 2.95. The zero-order valence-corrected chi connectivity index (χ0v) is 12.9. The van der Waals surface area contributed by atoms with Crippen molar-refractivity contribution in [3.05, 3.63) is 40.7 Å². The average Bonchev–Trinajstić information content (AvgIpc) is 2.82. The standard InChI is InChI=1S/C15H16N4OS/c1-15(2,3)19-14-17-11-10(12(20)18-14)21-13(16-11)9-7-5-4-6-8-9/h4-8H,1-3H3,(H2,17,18,19,20). The van der Waals surface area contributed by atoms with E-state index in [9.17, 15) is 4.79 Å². The van der Waals surface area contributed by atoms with Gasteiger partial charge in [0.1, 0.15) is 9.71 Å². The van der Waals surface area contributed by atoms with Gasteiger partial charge in [0.15, 0.2) is 5.65 Å². The number of nitrogens with one attached hydrogen (secondary N) is 2. The van der Waals surface area contributed by atoms with E-state index in [-0.39, 0.29) is 11.1 Å². The summed E-state index contributed by atoms with van der Waals surface area (Å²) in [5.74, 6) is 0.449. The van der Waals surface area contributed by atoms with E-state index in [1.807, 2.05) is 51.1 Å². The van der Waals surface area contributed by atoms with Gasteiger partial charge >= 0.3 is 0 Å². The van der Waals surface area contributed by atoms with Crippen LogP contribution < -0.4 is 10.9 Å². The first-order chi connectivity index (χ1) is 9.92. The molecule has 1 aromatic carbocycles. The van der Waals surface area contributed by atoms with Gasteiger partial charge in [0.25, 0.3) is 5.56 Å². The summed E-state index contributed by atoms with van der Waals surface area (Å²) in [7, 11) is 0. The van der Waals surface area contributed by atoms with Gasteiger partial charge < -0.3 is 5.32 Å². The summed E-state index contributed by atoms with van der Waals surface area (Å²) in [5, 5.41) is 3.96. The summed E-state index contributed by atoms with van der Waals surface area (Å²) in [5.41, 5.74) is 1.13. The van der Waals surface area contributed by atoms with Crippen LogP contribution >= 0.6 is 11.3 Å². The number of anilines is 1. The second-order valence-corrected chi connectivity index (χ2v) is 6.83. The number of thiazole rings is 1. The van der Waals surface area contributed by atoms with Crippen LogP contribution in [-0.4, -0.2) is 20.5 Å². The second-order valence-electron chi connectivity index (χ2n) is 5.83. The number of H-pyrrole nitrogens is 1. The van der Waals surface area contributed by atoms with Crippen LogP contribution in [0.4, 0.5) is 5.95 Å². The van der Waals surface area contributed by atoms with Crippen molar-refractivity contribution in [2.45, 2.75) is 26.3 Å². The molecule has 0 saturated carbocycles.